The van der Waals surface area contributed by atoms with Crippen molar-refractivity contribution in [1.82, 2.24) is 5.32 Å². The molecule has 3 heteroatoms. The maximum atomic E-state index is 10.6. The first kappa shape index (κ1) is 14.6. The average molecular weight is 265 g/mol. The number of hydrogen-bond acceptors (Lipinski definition) is 3. The summed E-state index contributed by atoms with van der Waals surface area (Å²) in [5, 5.41) is 14.0. The molecule has 19 heavy (non-hydrogen) atoms. The van der Waals surface area contributed by atoms with Crippen molar-refractivity contribution in [3.8, 4) is 0 Å². The van der Waals surface area contributed by atoms with Crippen LogP contribution in [0.5, 0.6) is 0 Å². The van der Waals surface area contributed by atoms with Crippen LogP contribution in [0, 0.1) is 5.92 Å². The summed E-state index contributed by atoms with van der Waals surface area (Å²) in [4.78, 5) is 0. The first-order valence-corrected chi connectivity index (χ1v) is 7.55. The van der Waals surface area contributed by atoms with Gasteiger partial charge in [-0.1, -0.05) is 19.8 Å². The zero-order valence-corrected chi connectivity index (χ0v) is 12.2. The molecule has 2 rings (SSSR count). The van der Waals surface area contributed by atoms with Gasteiger partial charge < -0.3 is 14.8 Å². The lowest BCUT2D eigenvalue weighted by molar-refractivity contribution is -0.0135. The number of hydrogen-bond donors (Lipinski definition) is 2. The summed E-state index contributed by atoms with van der Waals surface area (Å²) in [6, 6.07) is 4.36. The zero-order chi connectivity index (χ0) is 13.7. The fraction of sp³-hybridized carbons (Fsp3) is 0.750. The third kappa shape index (κ3) is 4.66. The maximum Gasteiger partial charge on any atom is 0.103 e. The zero-order valence-electron chi connectivity index (χ0n) is 12.2. The molecule has 0 bridgehead atoms. The van der Waals surface area contributed by atoms with Crippen LogP contribution in [0.1, 0.15) is 51.7 Å². The quantitative estimate of drug-likeness (QED) is 0.830. The normalized spacial score (nSPS) is 29.3. The summed E-state index contributed by atoms with van der Waals surface area (Å²) in [6.07, 6.45) is 8.01. The monoisotopic (exact) mass is 265 g/mol. The summed E-state index contributed by atoms with van der Waals surface area (Å²) in [5.41, 5.74) is -0.489. The first-order chi connectivity index (χ1) is 9.07. The van der Waals surface area contributed by atoms with Crippen LogP contribution in [-0.4, -0.2) is 23.3 Å². The van der Waals surface area contributed by atoms with Crippen LogP contribution in [0.4, 0.5) is 0 Å². The smallest absolute Gasteiger partial charge is 0.103 e. The summed E-state index contributed by atoms with van der Waals surface area (Å²) in [5.74, 6) is 1.69. The number of rotatable bonds is 6. The van der Waals surface area contributed by atoms with E-state index in [2.05, 4.69) is 19.2 Å². The van der Waals surface area contributed by atoms with Crippen molar-refractivity contribution in [1.29, 1.82) is 0 Å². The van der Waals surface area contributed by atoms with Gasteiger partial charge in [0.05, 0.1) is 11.9 Å². The molecule has 0 amide bonds. The minimum atomic E-state index is -0.489. The van der Waals surface area contributed by atoms with Gasteiger partial charge in [0, 0.05) is 19.0 Å². The lowest BCUT2D eigenvalue weighted by Crippen LogP contribution is -2.46. The molecule has 1 aliphatic rings. The van der Waals surface area contributed by atoms with Crippen molar-refractivity contribution < 1.29 is 9.52 Å². The number of aliphatic hydroxyl groups is 1. The Balaban J connectivity index is 1.69. The fourth-order valence-electron chi connectivity index (χ4n) is 3.07. The molecule has 0 aliphatic heterocycles. The van der Waals surface area contributed by atoms with Crippen molar-refractivity contribution in [3.63, 3.8) is 0 Å². The van der Waals surface area contributed by atoms with Gasteiger partial charge in [0.25, 0.3) is 0 Å². The molecule has 3 atom stereocenters. The third-order valence-electron chi connectivity index (χ3n) is 4.25. The van der Waals surface area contributed by atoms with E-state index in [0.717, 1.165) is 44.4 Å². The standard InChI is InChI=1S/C16H27NO2/c1-13-5-3-9-16(18,11-13)12-17-14(2)7-8-15-6-4-10-19-15/h4,6,10,13-14,17-18H,3,5,7-9,11-12H2,1-2H3. The van der Waals surface area contributed by atoms with E-state index in [9.17, 15) is 5.11 Å². The highest BCUT2D eigenvalue weighted by Crippen LogP contribution is 2.31. The number of aryl methyl sites for hydroxylation is 1. The van der Waals surface area contributed by atoms with Crippen LogP contribution in [0.15, 0.2) is 22.8 Å². The molecule has 1 saturated carbocycles. The van der Waals surface area contributed by atoms with Gasteiger partial charge in [0.15, 0.2) is 0 Å². The summed E-state index contributed by atoms with van der Waals surface area (Å²) >= 11 is 0. The largest absolute Gasteiger partial charge is 0.469 e. The molecule has 3 unspecified atom stereocenters. The molecule has 1 aliphatic carbocycles. The van der Waals surface area contributed by atoms with E-state index in [-0.39, 0.29) is 0 Å². The summed E-state index contributed by atoms with van der Waals surface area (Å²) in [7, 11) is 0. The Labute approximate surface area is 116 Å². The molecule has 1 fully saturated rings. The van der Waals surface area contributed by atoms with Crippen molar-refractivity contribution in [2.75, 3.05) is 6.54 Å². The van der Waals surface area contributed by atoms with E-state index in [4.69, 9.17) is 4.42 Å². The van der Waals surface area contributed by atoms with E-state index in [0.29, 0.717) is 12.0 Å². The minimum Gasteiger partial charge on any atom is -0.469 e. The predicted octanol–water partition coefficient (Wildman–Crippen LogP) is 3.13. The highest BCUT2D eigenvalue weighted by atomic mass is 16.3. The molecule has 1 aromatic rings. The maximum absolute atomic E-state index is 10.6. The molecule has 0 radical (unpaired) electrons. The van der Waals surface area contributed by atoms with Crippen molar-refractivity contribution >= 4 is 0 Å². The van der Waals surface area contributed by atoms with Gasteiger partial charge in [-0.25, -0.2) is 0 Å². The lowest BCUT2D eigenvalue weighted by atomic mass is 9.79. The lowest BCUT2D eigenvalue weighted by Gasteiger charge is -2.36. The van der Waals surface area contributed by atoms with E-state index in [1.165, 1.54) is 6.42 Å². The van der Waals surface area contributed by atoms with Gasteiger partial charge in [0.2, 0.25) is 0 Å². The summed E-state index contributed by atoms with van der Waals surface area (Å²) in [6.45, 7) is 5.14. The molecule has 1 aromatic heterocycles. The van der Waals surface area contributed by atoms with Crippen LogP contribution in [0.2, 0.25) is 0 Å². The van der Waals surface area contributed by atoms with Crippen LogP contribution >= 0.6 is 0 Å². The van der Waals surface area contributed by atoms with Crippen molar-refractivity contribution in [3.05, 3.63) is 24.2 Å². The Morgan fingerprint density at radius 3 is 3.11 bits per heavy atom. The Morgan fingerprint density at radius 1 is 1.58 bits per heavy atom. The molecule has 0 aromatic carbocycles. The molecule has 2 N–H and O–H groups in total. The van der Waals surface area contributed by atoms with Gasteiger partial charge >= 0.3 is 0 Å². The second kappa shape index (κ2) is 6.58. The average Bonchev–Trinajstić information content (AvgIpc) is 2.87. The van der Waals surface area contributed by atoms with Crippen LogP contribution in [0.3, 0.4) is 0 Å². The Bertz CT molecular complexity index is 363. The van der Waals surface area contributed by atoms with E-state index >= 15 is 0 Å². The Hall–Kier alpha value is -0.800. The second-order valence-corrected chi connectivity index (χ2v) is 6.33. The molecular formula is C16H27NO2. The minimum absolute atomic E-state index is 0.409. The fourth-order valence-corrected chi connectivity index (χ4v) is 3.07. The highest BCUT2D eigenvalue weighted by Gasteiger charge is 2.32. The van der Waals surface area contributed by atoms with Crippen molar-refractivity contribution in [2.24, 2.45) is 5.92 Å². The van der Waals surface area contributed by atoms with Gasteiger partial charge in [-0.2, -0.15) is 0 Å². The molecule has 1 heterocycles. The van der Waals surface area contributed by atoms with E-state index in [1.54, 1.807) is 6.26 Å². The van der Waals surface area contributed by atoms with Crippen LogP contribution in [-0.2, 0) is 6.42 Å². The van der Waals surface area contributed by atoms with Gasteiger partial charge in [-0.3, -0.25) is 0 Å². The summed E-state index contributed by atoms with van der Waals surface area (Å²) < 4.78 is 5.34. The molecule has 3 nitrogen and oxygen atoms in total. The molecule has 108 valence electrons. The molecular weight excluding hydrogens is 238 g/mol. The highest BCUT2D eigenvalue weighted by molar-refractivity contribution is 4.98. The SMILES string of the molecule is CC1CCCC(O)(CNC(C)CCc2ccco2)C1. The number of furan rings is 1. The molecule has 0 spiro atoms. The Kier molecular flexibility index (Phi) is 5.06. The molecule has 0 saturated heterocycles. The van der Waals surface area contributed by atoms with Crippen molar-refractivity contribution in [2.45, 2.75) is 64.0 Å². The number of nitrogens with one attached hydrogen (secondary N) is 1. The van der Waals surface area contributed by atoms with E-state index in [1.807, 2.05) is 12.1 Å². The van der Waals surface area contributed by atoms with E-state index < -0.39 is 5.60 Å². The Morgan fingerprint density at radius 2 is 2.42 bits per heavy atom. The van der Waals surface area contributed by atoms with Gasteiger partial charge in [-0.15, -0.1) is 0 Å². The predicted molar refractivity (Wildman–Crippen MR) is 77.1 cm³/mol. The van der Waals surface area contributed by atoms with Gasteiger partial charge in [-0.05, 0) is 44.2 Å². The first-order valence-electron chi connectivity index (χ1n) is 7.55. The van der Waals surface area contributed by atoms with Gasteiger partial charge in [0.1, 0.15) is 5.76 Å². The topological polar surface area (TPSA) is 45.4 Å². The third-order valence-corrected chi connectivity index (χ3v) is 4.25. The van der Waals surface area contributed by atoms with Crippen LogP contribution < -0.4 is 5.32 Å². The second-order valence-electron chi connectivity index (χ2n) is 6.33. The van der Waals surface area contributed by atoms with Crippen LogP contribution in [0.25, 0.3) is 0 Å².